The lowest BCUT2D eigenvalue weighted by atomic mass is 10.3. The van der Waals surface area contributed by atoms with E-state index >= 15 is 0 Å². The predicted molar refractivity (Wildman–Crippen MR) is 67.2 cm³/mol. The highest BCUT2D eigenvalue weighted by Gasteiger charge is 2.33. The van der Waals surface area contributed by atoms with E-state index in [2.05, 4.69) is 6.58 Å². The standard InChI is InChI=1S/C11H9NO2S2/c1-2-5-12-10(13)9(16-11(12)14)7-8-4-3-6-15-8/h2-4,6-7H,1,5H2/b9-7-. The van der Waals surface area contributed by atoms with Crippen LogP contribution in [0.25, 0.3) is 6.08 Å². The molecule has 0 bridgehead atoms. The van der Waals surface area contributed by atoms with E-state index in [0.717, 1.165) is 16.6 Å². The largest absolute Gasteiger partial charge is 0.293 e. The van der Waals surface area contributed by atoms with Crippen LogP contribution in [0.4, 0.5) is 4.79 Å². The van der Waals surface area contributed by atoms with E-state index in [1.165, 1.54) is 16.2 Å². The van der Waals surface area contributed by atoms with Crippen molar-refractivity contribution in [1.82, 2.24) is 4.90 Å². The molecule has 0 radical (unpaired) electrons. The van der Waals surface area contributed by atoms with Crippen LogP contribution >= 0.6 is 23.1 Å². The number of carbonyl (C=O) groups excluding carboxylic acids is 2. The number of carbonyl (C=O) groups is 2. The Morgan fingerprint density at radius 1 is 1.44 bits per heavy atom. The number of hydrogen-bond acceptors (Lipinski definition) is 4. The summed E-state index contributed by atoms with van der Waals surface area (Å²) in [6.45, 7) is 3.79. The Balaban J connectivity index is 2.23. The zero-order valence-corrected chi connectivity index (χ0v) is 10.0. The van der Waals surface area contributed by atoms with Crippen LogP contribution in [0.2, 0.25) is 0 Å². The summed E-state index contributed by atoms with van der Waals surface area (Å²) in [5.74, 6) is -0.233. The second kappa shape index (κ2) is 4.67. The summed E-state index contributed by atoms with van der Waals surface area (Å²) in [6, 6.07) is 3.82. The molecule has 2 heterocycles. The quantitative estimate of drug-likeness (QED) is 0.612. The predicted octanol–water partition coefficient (Wildman–Crippen LogP) is 2.97. The van der Waals surface area contributed by atoms with Crippen LogP contribution in [0.1, 0.15) is 4.88 Å². The highest BCUT2D eigenvalue weighted by Crippen LogP contribution is 2.32. The molecule has 0 saturated carbocycles. The molecule has 2 amide bonds. The average Bonchev–Trinajstić information content (AvgIpc) is 2.84. The molecule has 16 heavy (non-hydrogen) atoms. The highest BCUT2D eigenvalue weighted by atomic mass is 32.2. The SMILES string of the molecule is C=CCN1C(=O)S/C(=C\c2cccs2)C1=O. The third-order valence-electron chi connectivity index (χ3n) is 2.00. The molecular formula is C11H9NO2S2. The van der Waals surface area contributed by atoms with Gasteiger partial charge < -0.3 is 0 Å². The third kappa shape index (κ3) is 2.10. The van der Waals surface area contributed by atoms with Gasteiger partial charge in [0.1, 0.15) is 0 Å². The van der Waals surface area contributed by atoms with E-state index in [4.69, 9.17) is 0 Å². The van der Waals surface area contributed by atoms with Gasteiger partial charge in [0.25, 0.3) is 11.1 Å². The molecule has 0 aromatic carbocycles. The van der Waals surface area contributed by atoms with Gasteiger partial charge in [0.15, 0.2) is 0 Å². The summed E-state index contributed by atoms with van der Waals surface area (Å²) >= 11 is 2.51. The lowest BCUT2D eigenvalue weighted by Crippen LogP contribution is -2.27. The van der Waals surface area contributed by atoms with E-state index in [1.807, 2.05) is 17.5 Å². The Bertz CT molecular complexity index is 462. The van der Waals surface area contributed by atoms with Gasteiger partial charge in [-0.05, 0) is 29.3 Å². The maximum Gasteiger partial charge on any atom is 0.293 e. The van der Waals surface area contributed by atoms with E-state index < -0.39 is 0 Å². The van der Waals surface area contributed by atoms with Crippen LogP contribution in [0, 0.1) is 0 Å². The minimum Gasteiger partial charge on any atom is -0.268 e. The zero-order chi connectivity index (χ0) is 11.5. The molecule has 1 fully saturated rings. The number of imide groups is 1. The molecule has 1 saturated heterocycles. The van der Waals surface area contributed by atoms with Crippen LogP contribution in [0.5, 0.6) is 0 Å². The van der Waals surface area contributed by atoms with Crippen molar-refractivity contribution in [1.29, 1.82) is 0 Å². The van der Waals surface area contributed by atoms with Gasteiger partial charge >= 0.3 is 0 Å². The fourth-order valence-corrected chi connectivity index (χ4v) is 2.86. The topological polar surface area (TPSA) is 37.4 Å². The molecule has 1 aromatic heterocycles. The van der Waals surface area contributed by atoms with Gasteiger partial charge in [-0.25, -0.2) is 0 Å². The van der Waals surface area contributed by atoms with Crippen molar-refractivity contribution in [3.8, 4) is 0 Å². The zero-order valence-electron chi connectivity index (χ0n) is 8.38. The van der Waals surface area contributed by atoms with Crippen molar-refractivity contribution in [3.63, 3.8) is 0 Å². The van der Waals surface area contributed by atoms with Crippen molar-refractivity contribution >= 4 is 40.3 Å². The first kappa shape index (κ1) is 11.2. The van der Waals surface area contributed by atoms with Gasteiger partial charge in [-0.1, -0.05) is 12.1 Å². The van der Waals surface area contributed by atoms with Crippen molar-refractivity contribution in [3.05, 3.63) is 40.0 Å². The summed E-state index contributed by atoms with van der Waals surface area (Å²) in [7, 11) is 0. The molecule has 0 aliphatic carbocycles. The maximum absolute atomic E-state index is 11.8. The summed E-state index contributed by atoms with van der Waals surface area (Å²) in [4.78, 5) is 25.9. The second-order valence-electron chi connectivity index (χ2n) is 3.10. The second-order valence-corrected chi connectivity index (χ2v) is 5.07. The van der Waals surface area contributed by atoms with Gasteiger partial charge in [0, 0.05) is 11.4 Å². The minimum absolute atomic E-state index is 0.229. The van der Waals surface area contributed by atoms with Gasteiger partial charge in [-0.15, -0.1) is 17.9 Å². The number of thioether (sulfide) groups is 1. The summed E-state index contributed by atoms with van der Waals surface area (Å²) in [6.07, 6.45) is 3.29. The van der Waals surface area contributed by atoms with E-state index in [-0.39, 0.29) is 17.7 Å². The Morgan fingerprint density at radius 3 is 2.88 bits per heavy atom. The molecule has 0 atom stereocenters. The monoisotopic (exact) mass is 251 g/mol. The average molecular weight is 251 g/mol. The highest BCUT2D eigenvalue weighted by molar-refractivity contribution is 8.18. The lowest BCUT2D eigenvalue weighted by Gasteiger charge is -2.07. The summed E-state index contributed by atoms with van der Waals surface area (Å²) in [5.41, 5.74) is 0. The first-order chi connectivity index (χ1) is 7.72. The molecule has 1 aliphatic heterocycles. The van der Waals surface area contributed by atoms with E-state index in [0.29, 0.717) is 4.91 Å². The fraction of sp³-hybridized carbons (Fsp3) is 0.0909. The molecule has 0 spiro atoms. The molecule has 0 unspecified atom stereocenters. The Labute approximate surface area is 101 Å². The maximum atomic E-state index is 11.8. The Morgan fingerprint density at radius 2 is 2.25 bits per heavy atom. The first-order valence-corrected chi connectivity index (χ1v) is 6.32. The van der Waals surface area contributed by atoms with Crippen molar-refractivity contribution in [2.24, 2.45) is 0 Å². The Hall–Kier alpha value is -1.33. The molecule has 1 aromatic rings. The number of rotatable bonds is 3. The normalized spacial score (nSPS) is 18.5. The van der Waals surface area contributed by atoms with Gasteiger partial charge in [-0.2, -0.15) is 0 Å². The molecule has 2 rings (SSSR count). The lowest BCUT2D eigenvalue weighted by molar-refractivity contribution is -0.122. The van der Waals surface area contributed by atoms with Crippen molar-refractivity contribution in [2.75, 3.05) is 6.54 Å². The number of hydrogen-bond donors (Lipinski definition) is 0. The van der Waals surface area contributed by atoms with Gasteiger partial charge in [0.2, 0.25) is 0 Å². The van der Waals surface area contributed by atoms with Gasteiger partial charge in [0.05, 0.1) is 4.91 Å². The first-order valence-electron chi connectivity index (χ1n) is 4.62. The van der Waals surface area contributed by atoms with Crippen molar-refractivity contribution in [2.45, 2.75) is 0 Å². The van der Waals surface area contributed by atoms with E-state index in [1.54, 1.807) is 12.2 Å². The van der Waals surface area contributed by atoms with Crippen LogP contribution in [0.3, 0.4) is 0 Å². The van der Waals surface area contributed by atoms with Gasteiger partial charge in [-0.3, -0.25) is 14.5 Å². The molecule has 1 aliphatic rings. The molecule has 3 nitrogen and oxygen atoms in total. The summed E-state index contributed by atoms with van der Waals surface area (Å²) in [5, 5.41) is 1.70. The molecule has 0 N–H and O–H groups in total. The fourth-order valence-electron chi connectivity index (χ4n) is 1.29. The molecule has 5 heteroatoms. The molecule has 82 valence electrons. The van der Waals surface area contributed by atoms with Crippen molar-refractivity contribution < 1.29 is 9.59 Å². The number of nitrogens with zero attached hydrogens (tertiary/aromatic N) is 1. The smallest absolute Gasteiger partial charge is 0.268 e. The third-order valence-corrected chi connectivity index (χ3v) is 3.73. The minimum atomic E-state index is -0.233. The van der Waals surface area contributed by atoms with Crippen LogP contribution in [0.15, 0.2) is 35.1 Å². The Kier molecular flexibility index (Phi) is 3.26. The molecular weight excluding hydrogens is 242 g/mol. The van der Waals surface area contributed by atoms with Crippen LogP contribution < -0.4 is 0 Å². The number of thiophene rings is 1. The van der Waals surface area contributed by atoms with Crippen LogP contribution in [-0.2, 0) is 4.79 Å². The number of amides is 2. The summed E-state index contributed by atoms with van der Waals surface area (Å²) < 4.78 is 0. The van der Waals surface area contributed by atoms with E-state index in [9.17, 15) is 9.59 Å². The van der Waals surface area contributed by atoms with Crippen LogP contribution in [-0.4, -0.2) is 22.6 Å².